The van der Waals surface area contributed by atoms with Gasteiger partial charge in [0.15, 0.2) is 11.0 Å². The van der Waals surface area contributed by atoms with Crippen LogP contribution < -0.4 is 5.32 Å². The molecule has 0 bridgehead atoms. The van der Waals surface area contributed by atoms with E-state index in [4.69, 9.17) is 20.5 Å². The van der Waals surface area contributed by atoms with Crippen molar-refractivity contribution in [1.29, 1.82) is 0 Å². The van der Waals surface area contributed by atoms with Gasteiger partial charge in [0, 0.05) is 0 Å². The lowest BCUT2D eigenvalue weighted by Crippen LogP contribution is -2.12. The Kier molecular flexibility index (Phi) is 2.75. The fourth-order valence-corrected chi connectivity index (χ4v) is 1.22. The van der Waals surface area contributed by atoms with Crippen LogP contribution in [0.1, 0.15) is 18.9 Å². The van der Waals surface area contributed by atoms with Gasteiger partial charge in [-0.25, -0.2) is 0 Å². The molecule has 1 unspecified atom stereocenters. The van der Waals surface area contributed by atoms with E-state index >= 15 is 0 Å². The van der Waals surface area contributed by atoms with Gasteiger partial charge < -0.3 is 14.3 Å². The van der Waals surface area contributed by atoms with Crippen LogP contribution in [0, 0.1) is 0 Å². The molecular formula is C9H10ClN3O2. The number of halogens is 1. The molecule has 0 radical (unpaired) electrons. The van der Waals surface area contributed by atoms with Crippen molar-refractivity contribution in [3.63, 3.8) is 0 Å². The molecule has 2 heterocycles. The van der Waals surface area contributed by atoms with Crippen LogP contribution in [0.15, 0.2) is 21.1 Å². The first-order valence-electron chi connectivity index (χ1n) is 4.47. The highest BCUT2D eigenvalue weighted by Gasteiger charge is 2.15. The second kappa shape index (κ2) is 4.04. The van der Waals surface area contributed by atoms with E-state index in [0.717, 1.165) is 0 Å². The van der Waals surface area contributed by atoms with E-state index in [1.807, 2.05) is 14.0 Å². The molecule has 1 N–H and O–H groups in total. The van der Waals surface area contributed by atoms with Gasteiger partial charge in [0.1, 0.15) is 0 Å². The molecule has 80 valence electrons. The van der Waals surface area contributed by atoms with Gasteiger partial charge in [0.05, 0.1) is 6.04 Å². The van der Waals surface area contributed by atoms with Crippen LogP contribution in [-0.4, -0.2) is 17.2 Å². The molecule has 15 heavy (non-hydrogen) atoms. The predicted octanol–water partition coefficient (Wildman–Crippen LogP) is 2.26. The van der Waals surface area contributed by atoms with Crippen molar-refractivity contribution >= 4 is 11.6 Å². The third-order valence-electron chi connectivity index (χ3n) is 2.04. The lowest BCUT2D eigenvalue weighted by Gasteiger charge is -2.00. The molecule has 0 spiro atoms. The summed E-state index contributed by atoms with van der Waals surface area (Å²) >= 11 is 5.64. The topological polar surface area (TPSA) is 64.1 Å². The van der Waals surface area contributed by atoms with Gasteiger partial charge in [0.25, 0.3) is 0 Å². The van der Waals surface area contributed by atoms with Crippen molar-refractivity contribution in [2.45, 2.75) is 13.0 Å². The average molecular weight is 228 g/mol. The first-order valence-corrected chi connectivity index (χ1v) is 4.85. The zero-order valence-corrected chi connectivity index (χ0v) is 9.08. The quantitative estimate of drug-likeness (QED) is 0.872. The van der Waals surface area contributed by atoms with Crippen molar-refractivity contribution in [2.24, 2.45) is 0 Å². The smallest absolute Gasteiger partial charge is 0.243 e. The molecule has 0 aliphatic rings. The highest BCUT2D eigenvalue weighted by atomic mass is 35.5. The molecule has 0 saturated carbocycles. The van der Waals surface area contributed by atoms with Gasteiger partial charge >= 0.3 is 0 Å². The van der Waals surface area contributed by atoms with Gasteiger partial charge in [-0.05, 0) is 37.7 Å². The van der Waals surface area contributed by atoms with E-state index in [1.165, 1.54) is 0 Å². The van der Waals surface area contributed by atoms with Crippen molar-refractivity contribution in [3.05, 3.63) is 23.2 Å². The molecule has 5 nitrogen and oxygen atoms in total. The van der Waals surface area contributed by atoms with Crippen molar-refractivity contribution < 1.29 is 8.94 Å². The van der Waals surface area contributed by atoms with E-state index in [0.29, 0.717) is 22.7 Å². The number of aromatic nitrogens is 2. The van der Waals surface area contributed by atoms with E-state index in [2.05, 4.69) is 15.5 Å². The first-order chi connectivity index (χ1) is 7.20. The van der Waals surface area contributed by atoms with Crippen LogP contribution in [-0.2, 0) is 0 Å². The summed E-state index contributed by atoms with van der Waals surface area (Å²) in [6.07, 6.45) is 0. The third-order valence-corrected chi connectivity index (χ3v) is 2.24. The maximum absolute atomic E-state index is 5.64. The number of furan rings is 1. The van der Waals surface area contributed by atoms with Crippen LogP contribution in [0.3, 0.4) is 0 Å². The number of nitrogens with one attached hydrogen (secondary N) is 1. The Hall–Kier alpha value is -1.33. The van der Waals surface area contributed by atoms with Gasteiger partial charge in [-0.15, -0.1) is 0 Å². The van der Waals surface area contributed by atoms with Gasteiger partial charge in [0.2, 0.25) is 11.7 Å². The van der Waals surface area contributed by atoms with Crippen LogP contribution in [0.5, 0.6) is 0 Å². The summed E-state index contributed by atoms with van der Waals surface area (Å²) in [5, 5.41) is 7.09. The Balaban J connectivity index is 2.27. The van der Waals surface area contributed by atoms with Crippen LogP contribution in [0.25, 0.3) is 11.6 Å². The van der Waals surface area contributed by atoms with Crippen molar-refractivity contribution in [2.75, 3.05) is 7.05 Å². The van der Waals surface area contributed by atoms with Gasteiger partial charge in [-0.1, -0.05) is 5.16 Å². The number of hydrogen-bond acceptors (Lipinski definition) is 5. The summed E-state index contributed by atoms with van der Waals surface area (Å²) in [6.45, 7) is 1.92. The van der Waals surface area contributed by atoms with Crippen LogP contribution in [0.2, 0.25) is 5.22 Å². The highest BCUT2D eigenvalue weighted by molar-refractivity contribution is 6.28. The molecule has 6 heteroatoms. The number of rotatable bonds is 3. The van der Waals surface area contributed by atoms with E-state index in [-0.39, 0.29) is 6.04 Å². The highest BCUT2D eigenvalue weighted by Crippen LogP contribution is 2.23. The van der Waals surface area contributed by atoms with Gasteiger partial charge in [-0.3, -0.25) is 0 Å². The van der Waals surface area contributed by atoms with E-state index in [9.17, 15) is 0 Å². The lowest BCUT2D eigenvalue weighted by molar-refractivity contribution is 0.346. The Morgan fingerprint density at radius 2 is 2.27 bits per heavy atom. The second-order valence-corrected chi connectivity index (χ2v) is 3.44. The summed E-state index contributed by atoms with van der Waals surface area (Å²) in [7, 11) is 1.82. The molecule has 0 aliphatic carbocycles. The first kappa shape index (κ1) is 10.2. The van der Waals surface area contributed by atoms with E-state index < -0.39 is 0 Å². The van der Waals surface area contributed by atoms with Crippen molar-refractivity contribution in [3.8, 4) is 11.6 Å². The zero-order chi connectivity index (χ0) is 10.8. The lowest BCUT2D eigenvalue weighted by atomic mass is 10.3. The molecule has 0 saturated heterocycles. The molecule has 0 amide bonds. The van der Waals surface area contributed by atoms with E-state index in [1.54, 1.807) is 12.1 Å². The Bertz CT molecular complexity index is 452. The molecule has 0 fully saturated rings. The zero-order valence-electron chi connectivity index (χ0n) is 8.32. The molecule has 0 aromatic carbocycles. The largest absolute Gasteiger partial charge is 0.441 e. The molecule has 2 rings (SSSR count). The average Bonchev–Trinajstić information content (AvgIpc) is 2.84. The number of hydrogen-bond donors (Lipinski definition) is 1. The maximum Gasteiger partial charge on any atom is 0.243 e. The number of nitrogens with zero attached hydrogens (tertiary/aromatic N) is 2. The summed E-state index contributed by atoms with van der Waals surface area (Å²) in [5.41, 5.74) is 0. The molecule has 2 aromatic heterocycles. The summed E-state index contributed by atoms with van der Waals surface area (Å²) in [6, 6.07) is 3.34. The molecular weight excluding hydrogens is 218 g/mol. The fourth-order valence-electron chi connectivity index (χ4n) is 1.07. The maximum atomic E-state index is 5.64. The third kappa shape index (κ3) is 2.03. The standard InChI is InChI=1S/C9H10ClN3O2/c1-5(11-2)9-12-8(13-15-9)6-3-4-7(10)14-6/h3-5,11H,1-2H3. The predicted molar refractivity (Wildman–Crippen MR) is 54.5 cm³/mol. The minimum Gasteiger partial charge on any atom is -0.441 e. The molecule has 0 aliphatic heterocycles. The Morgan fingerprint density at radius 3 is 2.87 bits per heavy atom. The summed E-state index contributed by atoms with van der Waals surface area (Å²) in [4.78, 5) is 4.17. The Morgan fingerprint density at radius 1 is 1.47 bits per heavy atom. The SMILES string of the molecule is CNC(C)c1nc(-c2ccc(Cl)o2)no1. The fraction of sp³-hybridized carbons (Fsp3) is 0.333. The van der Waals surface area contributed by atoms with Gasteiger partial charge in [-0.2, -0.15) is 4.98 Å². The molecule has 1 atom stereocenters. The minimum absolute atomic E-state index is 0.0108. The Labute approximate surface area is 91.4 Å². The second-order valence-electron chi connectivity index (χ2n) is 3.07. The monoisotopic (exact) mass is 227 g/mol. The summed E-state index contributed by atoms with van der Waals surface area (Å²) in [5.74, 6) is 1.41. The molecule has 2 aromatic rings. The minimum atomic E-state index is 0.0108. The summed E-state index contributed by atoms with van der Waals surface area (Å²) < 4.78 is 10.2. The van der Waals surface area contributed by atoms with Crippen molar-refractivity contribution in [1.82, 2.24) is 15.5 Å². The normalized spacial score (nSPS) is 13.0. The van der Waals surface area contributed by atoms with Crippen LogP contribution >= 0.6 is 11.6 Å². The van der Waals surface area contributed by atoms with Crippen LogP contribution in [0.4, 0.5) is 0 Å².